The first-order valence-corrected chi connectivity index (χ1v) is 11.9. The van der Waals surface area contributed by atoms with E-state index < -0.39 is 15.9 Å². The summed E-state index contributed by atoms with van der Waals surface area (Å²) in [5, 5.41) is 0. The van der Waals surface area contributed by atoms with Crippen LogP contribution in [0.4, 0.5) is 5.69 Å². The van der Waals surface area contributed by atoms with Crippen LogP contribution in [0, 0.1) is 0 Å². The van der Waals surface area contributed by atoms with Crippen LogP contribution < -0.4 is 18.5 Å². The smallest absolute Gasteiger partial charge is 0.271 e. The van der Waals surface area contributed by atoms with Gasteiger partial charge in [-0.2, -0.15) is 4.31 Å². The maximum absolute atomic E-state index is 13.4. The molecule has 0 aliphatic heterocycles. The molecule has 0 bridgehead atoms. The van der Waals surface area contributed by atoms with Crippen molar-refractivity contribution >= 4 is 43.6 Å². The van der Waals surface area contributed by atoms with Crippen molar-refractivity contribution in [3.05, 3.63) is 82.8 Å². The van der Waals surface area contributed by atoms with Crippen molar-refractivity contribution in [1.29, 1.82) is 0 Å². The average Bonchev–Trinajstić information content (AvgIpc) is 2.83. The highest BCUT2D eigenvalue weighted by atomic mass is 79.9. The highest BCUT2D eigenvalue weighted by Crippen LogP contribution is 2.36. The second-order valence-corrected chi connectivity index (χ2v) is 9.33. The topological polar surface area (TPSA) is 82.1 Å². The Kier molecular flexibility index (Phi) is 7.78. The monoisotopic (exact) mass is 531 g/mol. The molecule has 0 unspecified atom stereocenters. The number of nitrogens with zero attached hydrogens (tertiary/aromatic N) is 1. The van der Waals surface area contributed by atoms with Gasteiger partial charge in [0, 0.05) is 6.08 Å². The van der Waals surface area contributed by atoms with Crippen molar-refractivity contribution in [3.8, 4) is 17.2 Å². The number of ether oxygens (including phenoxy) is 3. The van der Waals surface area contributed by atoms with E-state index in [9.17, 15) is 13.2 Å². The van der Waals surface area contributed by atoms with Gasteiger partial charge in [-0.05, 0) is 76.1 Å². The first kappa shape index (κ1) is 24.3. The zero-order chi connectivity index (χ0) is 24.0. The summed E-state index contributed by atoms with van der Waals surface area (Å²) in [6.07, 6.45) is 2.70. The van der Waals surface area contributed by atoms with Crippen molar-refractivity contribution in [3.63, 3.8) is 0 Å². The normalized spacial score (nSPS) is 11.3. The fourth-order valence-electron chi connectivity index (χ4n) is 3.07. The van der Waals surface area contributed by atoms with E-state index in [0.717, 1.165) is 4.31 Å². The van der Waals surface area contributed by atoms with Crippen LogP contribution in [-0.4, -0.2) is 35.7 Å². The first-order chi connectivity index (χ1) is 15.8. The number of rotatable bonds is 8. The van der Waals surface area contributed by atoms with Gasteiger partial charge < -0.3 is 14.2 Å². The van der Waals surface area contributed by atoms with Crippen molar-refractivity contribution in [1.82, 2.24) is 0 Å². The summed E-state index contributed by atoms with van der Waals surface area (Å²) in [7, 11) is 0.349. The summed E-state index contributed by atoms with van der Waals surface area (Å²) in [5.41, 5.74) is 0.794. The lowest BCUT2D eigenvalue weighted by atomic mass is 10.2. The van der Waals surface area contributed by atoms with Gasteiger partial charge in [0.1, 0.15) is 5.75 Å². The molecule has 0 radical (unpaired) electrons. The number of anilines is 1. The lowest BCUT2D eigenvalue weighted by molar-refractivity contribution is -0.113. The van der Waals surface area contributed by atoms with Crippen LogP contribution in [0.3, 0.4) is 0 Å². The minimum atomic E-state index is -4.17. The Hall–Kier alpha value is -3.30. The Labute approximate surface area is 201 Å². The van der Waals surface area contributed by atoms with E-state index in [1.807, 2.05) is 0 Å². The molecule has 0 N–H and O–H groups in total. The summed E-state index contributed by atoms with van der Waals surface area (Å²) in [5.74, 6) is 0.763. The summed E-state index contributed by atoms with van der Waals surface area (Å²) in [4.78, 5) is 13.2. The number of sulfonamides is 1. The minimum absolute atomic E-state index is 0.00331. The van der Waals surface area contributed by atoms with Gasteiger partial charge in [0.25, 0.3) is 15.9 Å². The summed E-state index contributed by atoms with van der Waals surface area (Å²) >= 11 is 3.41. The van der Waals surface area contributed by atoms with Crippen LogP contribution in [0.25, 0.3) is 6.08 Å². The van der Waals surface area contributed by atoms with Crippen LogP contribution in [0.2, 0.25) is 0 Å². The van der Waals surface area contributed by atoms with Crippen LogP contribution in [0.5, 0.6) is 17.2 Å². The van der Waals surface area contributed by atoms with E-state index >= 15 is 0 Å². The molecule has 33 heavy (non-hydrogen) atoms. The molecule has 0 aromatic heterocycles. The van der Waals surface area contributed by atoms with Gasteiger partial charge in [-0.15, -0.1) is 0 Å². The fourth-order valence-corrected chi connectivity index (χ4v) is 5.10. The summed E-state index contributed by atoms with van der Waals surface area (Å²) in [6, 6.07) is 17.4. The lowest BCUT2D eigenvalue weighted by Gasteiger charge is -2.21. The first-order valence-electron chi connectivity index (χ1n) is 9.69. The number of benzene rings is 3. The molecule has 3 aromatic carbocycles. The molecule has 7 nitrogen and oxygen atoms in total. The number of hydrogen-bond donors (Lipinski definition) is 0. The van der Waals surface area contributed by atoms with Crippen LogP contribution >= 0.6 is 15.9 Å². The van der Waals surface area contributed by atoms with Crippen LogP contribution in [0.1, 0.15) is 5.56 Å². The second-order valence-electron chi connectivity index (χ2n) is 6.69. The Balaban J connectivity index is 2.04. The van der Waals surface area contributed by atoms with Crippen molar-refractivity contribution < 1.29 is 27.4 Å². The molecule has 1 amide bonds. The third kappa shape index (κ3) is 5.37. The molecular weight excluding hydrogens is 510 g/mol. The third-order valence-corrected chi connectivity index (χ3v) is 6.99. The van der Waals surface area contributed by atoms with Crippen molar-refractivity contribution in [2.45, 2.75) is 4.90 Å². The van der Waals surface area contributed by atoms with E-state index in [0.29, 0.717) is 27.3 Å². The Morgan fingerprint density at radius 3 is 2.15 bits per heavy atom. The predicted molar refractivity (Wildman–Crippen MR) is 130 cm³/mol. The van der Waals surface area contributed by atoms with Gasteiger partial charge in [-0.3, -0.25) is 4.79 Å². The van der Waals surface area contributed by atoms with Gasteiger partial charge >= 0.3 is 0 Å². The Morgan fingerprint density at radius 2 is 1.58 bits per heavy atom. The Morgan fingerprint density at radius 1 is 0.909 bits per heavy atom. The van der Waals surface area contributed by atoms with Gasteiger partial charge in [0.2, 0.25) is 0 Å². The summed E-state index contributed by atoms with van der Waals surface area (Å²) < 4.78 is 43.9. The molecule has 0 saturated heterocycles. The van der Waals surface area contributed by atoms with Gasteiger partial charge in [-0.25, -0.2) is 8.42 Å². The fraction of sp³-hybridized carbons (Fsp3) is 0.125. The predicted octanol–water partition coefficient (Wildman–Crippen LogP) is 4.91. The molecule has 3 rings (SSSR count). The van der Waals surface area contributed by atoms with Gasteiger partial charge in [0.05, 0.1) is 36.4 Å². The molecule has 0 heterocycles. The standard InChI is InChI=1S/C24H22BrNO6S/c1-30-19-12-10-18(11-13-19)26(33(28,29)20-7-5-4-6-8-20)23(27)14-9-17-15-21(25)24(32-3)22(16-17)31-2/h4-16H,1-3H3/b14-9+. The number of amides is 1. The number of carbonyl (C=O) groups is 1. The van der Waals surface area contributed by atoms with E-state index in [1.54, 1.807) is 42.5 Å². The number of methoxy groups -OCH3 is 3. The number of carbonyl (C=O) groups excluding carboxylic acids is 1. The minimum Gasteiger partial charge on any atom is -0.497 e. The maximum Gasteiger partial charge on any atom is 0.271 e. The molecule has 0 aliphatic rings. The molecule has 0 fully saturated rings. The van der Waals surface area contributed by atoms with Crippen molar-refractivity contribution in [2.75, 3.05) is 25.6 Å². The highest BCUT2D eigenvalue weighted by Gasteiger charge is 2.29. The molecule has 9 heteroatoms. The zero-order valence-corrected chi connectivity index (χ0v) is 20.6. The SMILES string of the molecule is COc1ccc(N(C(=O)/C=C/c2cc(Br)c(OC)c(OC)c2)S(=O)(=O)c2ccccc2)cc1. The second kappa shape index (κ2) is 10.5. The molecule has 3 aromatic rings. The van der Waals surface area contributed by atoms with Gasteiger partial charge in [0.15, 0.2) is 11.5 Å². The molecule has 0 atom stereocenters. The average molecular weight is 532 g/mol. The zero-order valence-electron chi connectivity index (χ0n) is 18.2. The third-order valence-electron chi connectivity index (χ3n) is 4.66. The lowest BCUT2D eigenvalue weighted by Crippen LogP contribution is -2.35. The van der Waals surface area contributed by atoms with E-state index in [1.165, 1.54) is 57.7 Å². The van der Waals surface area contributed by atoms with E-state index in [4.69, 9.17) is 14.2 Å². The van der Waals surface area contributed by atoms with Gasteiger partial charge in [-0.1, -0.05) is 18.2 Å². The maximum atomic E-state index is 13.4. The van der Waals surface area contributed by atoms with Crippen molar-refractivity contribution in [2.24, 2.45) is 0 Å². The number of halogens is 1. The largest absolute Gasteiger partial charge is 0.497 e. The highest BCUT2D eigenvalue weighted by molar-refractivity contribution is 9.10. The molecule has 0 saturated carbocycles. The quantitative estimate of drug-likeness (QED) is 0.384. The molecular formula is C24H22BrNO6S. The van der Waals surface area contributed by atoms with Crippen LogP contribution in [-0.2, 0) is 14.8 Å². The van der Waals surface area contributed by atoms with E-state index in [2.05, 4.69) is 15.9 Å². The Bertz CT molecular complexity index is 1260. The molecule has 172 valence electrons. The summed E-state index contributed by atoms with van der Waals surface area (Å²) in [6.45, 7) is 0. The molecule has 0 spiro atoms. The van der Waals surface area contributed by atoms with E-state index in [-0.39, 0.29) is 10.6 Å². The number of hydrogen-bond acceptors (Lipinski definition) is 6. The molecule has 0 aliphatic carbocycles. The van der Waals surface area contributed by atoms with Crippen LogP contribution in [0.15, 0.2) is 82.2 Å².